The topological polar surface area (TPSA) is 67.3 Å². The van der Waals surface area contributed by atoms with Gasteiger partial charge in [-0.25, -0.2) is 0 Å². The van der Waals surface area contributed by atoms with Crippen molar-refractivity contribution >= 4 is 11.6 Å². The Morgan fingerprint density at radius 3 is 2.66 bits per heavy atom. The minimum Gasteiger partial charge on any atom is -0.496 e. The number of pyridine rings is 2. The lowest BCUT2D eigenvalue weighted by Gasteiger charge is -2.19. The highest BCUT2D eigenvalue weighted by Crippen LogP contribution is 2.17. The van der Waals surface area contributed by atoms with E-state index in [2.05, 4.69) is 20.2 Å². The molecule has 0 aliphatic heterocycles. The fourth-order valence-electron chi connectivity index (χ4n) is 3.07. The lowest BCUT2D eigenvalue weighted by molar-refractivity contribution is 0.0949. The number of ether oxygens (including phenoxy) is 1. The quantitative estimate of drug-likeness (QED) is 0.608. The third-order valence-corrected chi connectivity index (χ3v) is 4.77. The monoisotopic (exact) mass is 390 g/mol. The summed E-state index contributed by atoms with van der Waals surface area (Å²) in [5, 5.41) is 2.94. The third kappa shape index (κ3) is 5.78. The van der Waals surface area contributed by atoms with Crippen LogP contribution in [-0.4, -0.2) is 43.1 Å². The van der Waals surface area contributed by atoms with Gasteiger partial charge in [-0.2, -0.15) is 0 Å². The number of anilines is 1. The van der Waals surface area contributed by atoms with Gasteiger partial charge in [0.25, 0.3) is 5.91 Å². The average Bonchev–Trinajstić information content (AvgIpc) is 2.78. The van der Waals surface area contributed by atoms with Gasteiger partial charge in [-0.1, -0.05) is 18.2 Å². The first-order valence-corrected chi connectivity index (χ1v) is 9.63. The van der Waals surface area contributed by atoms with Gasteiger partial charge >= 0.3 is 0 Å². The second-order valence-corrected chi connectivity index (χ2v) is 6.74. The maximum Gasteiger partial charge on any atom is 0.269 e. The summed E-state index contributed by atoms with van der Waals surface area (Å²) in [7, 11) is 3.66. The Morgan fingerprint density at radius 1 is 1.07 bits per heavy atom. The van der Waals surface area contributed by atoms with Crippen molar-refractivity contribution in [2.24, 2.45) is 0 Å². The average molecular weight is 390 g/mol. The van der Waals surface area contributed by atoms with Crippen LogP contribution in [0.4, 0.5) is 5.69 Å². The molecule has 0 aliphatic carbocycles. The molecule has 0 fully saturated rings. The van der Waals surface area contributed by atoms with Gasteiger partial charge in [0.1, 0.15) is 11.4 Å². The summed E-state index contributed by atoms with van der Waals surface area (Å²) in [4.78, 5) is 22.9. The first-order chi connectivity index (χ1) is 14.2. The van der Waals surface area contributed by atoms with Gasteiger partial charge in [0.2, 0.25) is 0 Å². The highest BCUT2D eigenvalue weighted by Gasteiger charge is 2.10. The molecule has 1 N–H and O–H groups in total. The van der Waals surface area contributed by atoms with Crippen LogP contribution in [-0.2, 0) is 12.8 Å². The summed E-state index contributed by atoms with van der Waals surface area (Å²) >= 11 is 0. The lowest BCUT2D eigenvalue weighted by atomic mass is 10.1. The van der Waals surface area contributed by atoms with Crippen LogP contribution in [0.1, 0.15) is 21.6 Å². The molecule has 0 saturated carbocycles. The van der Waals surface area contributed by atoms with Crippen molar-refractivity contribution in [2.45, 2.75) is 12.8 Å². The molecular formula is C23H26N4O2. The van der Waals surface area contributed by atoms with E-state index < -0.39 is 0 Å². The molecule has 0 saturated heterocycles. The number of carbonyl (C=O) groups excluding carboxylic acids is 1. The van der Waals surface area contributed by atoms with E-state index in [0.29, 0.717) is 18.7 Å². The minimum absolute atomic E-state index is 0.177. The zero-order chi connectivity index (χ0) is 20.5. The molecule has 29 heavy (non-hydrogen) atoms. The summed E-state index contributed by atoms with van der Waals surface area (Å²) in [5.41, 5.74) is 3.67. The summed E-state index contributed by atoms with van der Waals surface area (Å²) in [6.45, 7) is 1.35. The molecule has 6 nitrogen and oxygen atoms in total. The van der Waals surface area contributed by atoms with Crippen LogP contribution < -0.4 is 15.0 Å². The molecule has 2 heterocycles. The van der Waals surface area contributed by atoms with Gasteiger partial charge < -0.3 is 15.0 Å². The number of likely N-dealkylation sites (N-methyl/N-ethyl adjacent to an activating group) is 1. The van der Waals surface area contributed by atoms with Crippen LogP contribution in [0.15, 0.2) is 67.1 Å². The number of nitrogens with zero attached hydrogens (tertiary/aromatic N) is 3. The first kappa shape index (κ1) is 20.3. The van der Waals surface area contributed by atoms with Gasteiger partial charge in [-0.15, -0.1) is 0 Å². The number of hydrogen-bond donors (Lipinski definition) is 1. The molecule has 3 aromatic rings. The summed E-state index contributed by atoms with van der Waals surface area (Å²) in [6.07, 6.45) is 6.88. The van der Waals surface area contributed by atoms with Crippen molar-refractivity contribution in [1.82, 2.24) is 15.3 Å². The van der Waals surface area contributed by atoms with E-state index in [1.807, 2.05) is 55.6 Å². The Bertz CT molecular complexity index is 931. The fraction of sp³-hybridized carbons (Fsp3) is 0.261. The maximum atomic E-state index is 12.5. The summed E-state index contributed by atoms with van der Waals surface area (Å²) in [5.74, 6) is 0.655. The molecule has 0 bridgehead atoms. The molecule has 0 spiro atoms. The van der Waals surface area contributed by atoms with Crippen LogP contribution in [0, 0.1) is 0 Å². The number of para-hydroxylation sites is 1. The Hall–Kier alpha value is -3.41. The lowest BCUT2D eigenvalue weighted by Crippen LogP contribution is -2.27. The smallest absolute Gasteiger partial charge is 0.269 e. The van der Waals surface area contributed by atoms with Crippen LogP contribution in [0.3, 0.4) is 0 Å². The number of amides is 1. The Kier molecular flexibility index (Phi) is 7.16. The van der Waals surface area contributed by atoms with Crippen molar-refractivity contribution in [2.75, 3.05) is 32.1 Å². The molecule has 3 rings (SSSR count). The van der Waals surface area contributed by atoms with E-state index in [1.165, 1.54) is 5.56 Å². The number of carbonyl (C=O) groups is 1. The van der Waals surface area contributed by atoms with Gasteiger partial charge in [-0.3, -0.25) is 14.8 Å². The first-order valence-electron chi connectivity index (χ1n) is 9.63. The second-order valence-electron chi connectivity index (χ2n) is 6.74. The minimum atomic E-state index is -0.177. The normalized spacial score (nSPS) is 10.4. The van der Waals surface area contributed by atoms with E-state index in [4.69, 9.17) is 4.74 Å². The van der Waals surface area contributed by atoms with Crippen molar-refractivity contribution in [3.8, 4) is 5.75 Å². The van der Waals surface area contributed by atoms with E-state index in [0.717, 1.165) is 30.0 Å². The largest absolute Gasteiger partial charge is 0.496 e. The zero-order valence-electron chi connectivity index (χ0n) is 16.8. The highest BCUT2D eigenvalue weighted by molar-refractivity contribution is 5.93. The predicted molar refractivity (Wildman–Crippen MR) is 114 cm³/mol. The van der Waals surface area contributed by atoms with Crippen LogP contribution in [0.25, 0.3) is 0 Å². The molecule has 1 aromatic carbocycles. The Balaban J connectivity index is 1.54. The third-order valence-electron chi connectivity index (χ3n) is 4.77. The van der Waals surface area contributed by atoms with Gasteiger partial charge in [-0.05, 0) is 54.3 Å². The molecule has 6 heteroatoms. The van der Waals surface area contributed by atoms with Crippen LogP contribution in [0.2, 0.25) is 0 Å². The zero-order valence-corrected chi connectivity index (χ0v) is 16.8. The molecule has 0 radical (unpaired) electrons. The summed E-state index contributed by atoms with van der Waals surface area (Å²) < 4.78 is 5.35. The predicted octanol–water partition coefficient (Wildman–Crippen LogP) is 3.14. The SMILES string of the molecule is COc1ccccc1CCNC(=O)c1cc(N(C)CCc2ccncc2)ccn1. The number of benzene rings is 1. The molecule has 0 atom stereocenters. The van der Waals surface area contributed by atoms with Crippen molar-refractivity contribution in [3.63, 3.8) is 0 Å². The van der Waals surface area contributed by atoms with E-state index in [9.17, 15) is 4.79 Å². The molecule has 0 unspecified atom stereocenters. The number of nitrogens with one attached hydrogen (secondary N) is 1. The van der Waals surface area contributed by atoms with Gasteiger partial charge in [0.05, 0.1) is 7.11 Å². The molecule has 0 aliphatic rings. The van der Waals surface area contributed by atoms with Gasteiger partial charge in [0.15, 0.2) is 0 Å². The van der Waals surface area contributed by atoms with Crippen molar-refractivity contribution in [3.05, 3.63) is 83.9 Å². The molecule has 150 valence electrons. The molecule has 2 aromatic heterocycles. The fourth-order valence-corrected chi connectivity index (χ4v) is 3.07. The molecular weight excluding hydrogens is 364 g/mol. The highest BCUT2D eigenvalue weighted by atomic mass is 16.5. The van der Waals surface area contributed by atoms with Gasteiger partial charge in [0, 0.05) is 44.4 Å². The number of hydrogen-bond acceptors (Lipinski definition) is 5. The summed E-state index contributed by atoms with van der Waals surface area (Å²) in [6, 6.07) is 15.6. The number of rotatable bonds is 9. The van der Waals surface area contributed by atoms with Crippen LogP contribution in [0.5, 0.6) is 5.75 Å². The standard InChI is InChI=1S/C23H26N4O2/c1-27(16-11-18-7-12-24-13-8-18)20-10-15-25-21(17-20)23(28)26-14-9-19-5-3-4-6-22(19)29-2/h3-8,10,12-13,15,17H,9,11,14,16H2,1-2H3,(H,26,28). The Labute approximate surface area is 171 Å². The van der Waals surface area contributed by atoms with E-state index >= 15 is 0 Å². The number of methoxy groups -OCH3 is 1. The van der Waals surface area contributed by atoms with Crippen molar-refractivity contribution in [1.29, 1.82) is 0 Å². The second kappa shape index (κ2) is 10.2. The van der Waals surface area contributed by atoms with E-state index in [1.54, 1.807) is 25.7 Å². The number of aromatic nitrogens is 2. The van der Waals surface area contributed by atoms with Crippen LogP contribution >= 0.6 is 0 Å². The van der Waals surface area contributed by atoms with E-state index in [-0.39, 0.29) is 5.91 Å². The molecule has 1 amide bonds. The Morgan fingerprint density at radius 2 is 1.86 bits per heavy atom. The van der Waals surface area contributed by atoms with Crippen molar-refractivity contribution < 1.29 is 9.53 Å². The maximum absolute atomic E-state index is 12.5.